The third-order valence-electron chi connectivity index (χ3n) is 4.11. The lowest BCUT2D eigenvalue weighted by Gasteiger charge is -2.32. The molecule has 136 valence electrons. The Labute approximate surface area is 155 Å². The molecule has 0 aliphatic carbocycles. The van der Waals surface area contributed by atoms with E-state index in [-0.39, 0.29) is 29.2 Å². The minimum Gasteiger partial charge on any atom is -0.507 e. The molecule has 1 unspecified atom stereocenters. The normalized spacial score (nSPS) is 17.0. The molecule has 2 amide bonds. The molecule has 26 heavy (non-hydrogen) atoms. The summed E-state index contributed by atoms with van der Waals surface area (Å²) in [6, 6.07) is 8.44. The van der Waals surface area contributed by atoms with E-state index in [0.29, 0.717) is 25.4 Å². The van der Waals surface area contributed by atoms with Gasteiger partial charge in [-0.05, 0) is 43.3 Å². The third kappa shape index (κ3) is 3.95. The van der Waals surface area contributed by atoms with Crippen LogP contribution in [0.15, 0.2) is 43.0 Å². The monoisotopic (exact) mass is 372 g/mol. The summed E-state index contributed by atoms with van der Waals surface area (Å²) >= 11 is 1.65. The van der Waals surface area contributed by atoms with Crippen LogP contribution in [0.3, 0.4) is 0 Å². The number of benzene rings is 1. The number of anilines is 1. The molecule has 1 aliphatic heterocycles. The lowest BCUT2D eigenvalue weighted by atomic mass is 10.1. The Bertz CT molecular complexity index is 846. The zero-order valence-electron chi connectivity index (χ0n) is 14.4. The van der Waals surface area contributed by atoms with Crippen LogP contribution >= 0.6 is 11.3 Å². The van der Waals surface area contributed by atoms with E-state index in [4.69, 9.17) is 4.74 Å². The van der Waals surface area contributed by atoms with E-state index in [1.165, 1.54) is 23.1 Å². The van der Waals surface area contributed by atoms with E-state index < -0.39 is 0 Å². The zero-order valence-corrected chi connectivity index (χ0v) is 15.2. The summed E-state index contributed by atoms with van der Waals surface area (Å²) in [7, 11) is 0. The summed E-state index contributed by atoms with van der Waals surface area (Å²) in [5.41, 5.74) is 0.574. The Hall–Kier alpha value is -2.64. The number of nitrogens with one attached hydrogen (secondary N) is 1. The highest BCUT2D eigenvalue weighted by atomic mass is 32.1. The quantitative estimate of drug-likeness (QED) is 0.638. The fraction of sp³-hybridized carbons (Fsp3) is 0.263. The molecule has 1 atom stereocenters. The van der Waals surface area contributed by atoms with Crippen LogP contribution in [0.5, 0.6) is 5.75 Å². The maximum absolute atomic E-state index is 12.9. The molecular weight excluding hydrogens is 352 g/mol. The maximum atomic E-state index is 12.9. The Kier molecular flexibility index (Phi) is 5.39. The van der Waals surface area contributed by atoms with Crippen molar-refractivity contribution in [1.29, 1.82) is 0 Å². The van der Waals surface area contributed by atoms with Gasteiger partial charge in [-0.1, -0.05) is 6.58 Å². The van der Waals surface area contributed by atoms with Crippen molar-refractivity contribution in [2.75, 3.05) is 25.0 Å². The second kappa shape index (κ2) is 7.72. The van der Waals surface area contributed by atoms with Gasteiger partial charge in [-0.2, -0.15) is 0 Å². The van der Waals surface area contributed by atoms with Crippen LogP contribution in [0.25, 0.3) is 0 Å². The van der Waals surface area contributed by atoms with Gasteiger partial charge >= 0.3 is 0 Å². The number of aromatic hydroxyl groups is 1. The predicted molar refractivity (Wildman–Crippen MR) is 101 cm³/mol. The van der Waals surface area contributed by atoms with Crippen LogP contribution in [-0.4, -0.2) is 41.5 Å². The fourth-order valence-corrected chi connectivity index (χ4v) is 3.70. The van der Waals surface area contributed by atoms with Gasteiger partial charge in [-0.15, -0.1) is 11.3 Å². The minimum atomic E-state index is -0.381. The third-order valence-corrected chi connectivity index (χ3v) is 5.20. The summed E-state index contributed by atoms with van der Waals surface area (Å²) < 4.78 is 5.80. The van der Waals surface area contributed by atoms with E-state index >= 15 is 0 Å². The SMILES string of the molecule is C=CC(=O)Nc1ccc(O)c(C(=O)N2CCOC(c3ccc(C)s3)C2)c1. The van der Waals surface area contributed by atoms with Crippen molar-refractivity contribution >= 4 is 28.8 Å². The largest absolute Gasteiger partial charge is 0.507 e. The smallest absolute Gasteiger partial charge is 0.257 e. The second-order valence-electron chi connectivity index (χ2n) is 5.98. The Morgan fingerprint density at radius 2 is 2.19 bits per heavy atom. The number of hydrogen-bond donors (Lipinski definition) is 2. The first-order chi connectivity index (χ1) is 12.5. The van der Waals surface area contributed by atoms with Gasteiger partial charge in [0.15, 0.2) is 0 Å². The number of amides is 2. The molecule has 0 spiro atoms. The first kappa shape index (κ1) is 18.2. The van der Waals surface area contributed by atoms with Gasteiger partial charge in [-0.3, -0.25) is 9.59 Å². The number of thiophene rings is 1. The van der Waals surface area contributed by atoms with Crippen molar-refractivity contribution in [1.82, 2.24) is 4.90 Å². The van der Waals surface area contributed by atoms with E-state index in [0.717, 1.165) is 11.0 Å². The zero-order chi connectivity index (χ0) is 18.7. The number of rotatable bonds is 4. The molecule has 2 N–H and O–H groups in total. The molecule has 1 aromatic heterocycles. The number of carbonyl (C=O) groups is 2. The highest BCUT2D eigenvalue weighted by Crippen LogP contribution is 2.30. The average molecular weight is 372 g/mol. The molecule has 7 heteroatoms. The summed E-state index contributed by atoms with van der Waals surface area (Å²) in [5.74, 6) is -0.797. The van der Waals surface area contributed by atoms with Gasteiger partial charge in [-0.25, -0.2) is 0 Å². The molecule has 1 saturated heterocycles. The Morgan fingerprint density at radius 1 is 1.38 bits per heavy atom. The lowest BCUT2D eigenvalue weighted by molar-refractivity contribution is -0.111. The van der Waals surface area contributed by atoms with E-state index in [9.17, 15) is 14.7 Å². The standard InChI is InChI=1S/C19H20N2O4S/c1-3-18(23)20-13-5-6-15(22)14(10-13)19(24)21-8-9-25-16(11-21)17-7-4-12(2)26-17/h3-7,10,16,22H,1,8-9,11H2,2H3,(H,20,23). The van der Waals surface area contributed by atoms with Gasteiger partial charge in [0.25, 0.3) is 5.91 Å². The molecule has 2 heterocycles. The van der Waals surface area contributed by atoms with E-state index in [2.05, 4.69) is 11.9 Å². The molecule has 1 aliphatic rings. The van der Waals surface area contributed by atoms with Crippen LogP contribution in [-0.2, 0) is 9.53 Å². The number of morpholine rings is 1. The molecule has 2 aromatic rings. The number of phenolic OH excluding ortho intramolecular Hbond substituents is 1. The average Bonchev–Trinajstić information content (AvgIpc) is 3.09. The minimum absolute atomic E-state index is 0.124. The van der Waals surface area contributed by atoms with Crippen molar-refractivity contribution in [3.05, 3.63) is 58.3 Å². The summed E-state index contributed by atoms with van der Waals surface area (Å²) in [6.45, 7) is 6.72. The Balaban J connectivity index is 1.78. The predicted octanol–water partition coefficient (Wildman–Crippen LogP) is 3.10. The van der Waals surface area contributed by atoms with E-state index in [1.54, 1.807) is 16.2 Å². The Morgan fingerprint density at radius 3 is 2.88 bits per heavy atom. The van der Waals surface area contributed by atoms with Gasteiger partial charge in [0.1, 0.15) is 11.9 Å². The number of aryl methyl sites for hydroxylation is 1. The van der Waals surface area contributed by atoms with Crippen molar-refractivity contribution in [2.24, 2.45) is 0 Å². The molecule has 0 radical (unpaired) electrons. The van der Waals surface area contributed by atoms with Gasteiger partial charge in [0.2, 0.25) is 5.91 Å². The maximum Gasteiger partial charge on any atom is 0.257 e. The van der Waals surface area contributed by atoms with Gasteiger partial charge in [0, 0.05) is 22.0 Å². The lowest BCUT2D eigenvalue weighted by Crippen LogP contribution is -2.42. The van der Waals surface area contributed by atoms with Crippen molar-refractivity contribution in [2.45, 2.75) is 13.0 Å². The van der Waals surface area contributed by atoms with E-state index in [1.807, 2.05) is 19.1 Å². The molecule has 0 saturated carbocycles. The highest BCUT2D eigenvalue weighted by Gasteiger charge is 2.28. The fourth-order valence-electron chi connectivity index (χ4n) is 2.78. The second-order valence-corrected chi connectivity index (χ2v) is 7.30. The van der Waals surface area contributed by atoms with Crippen LogP contribution < -0.4 is 5.32 Å². The summed E-state index contributed by atoms with van der Waals surface area (Å²) in [5, 5.41) is 12.7. The van der Waals surface area contributed by atoms with Crippen molar-refractivity contribution < 1.29 is 19.4 Å². The molecule has 3 rings (SSSR count). The van der Waals surface area contributed by atoms with Gasteiger partial charge < -0.3 is 20.1 Å². The molecule has 0 bridgehead atoms. The number of phenols is 1. The molecular formula is C19H20N2O4S. The van der Waals surface area contributed by atoms with Crippen molar-refractivity contribution in [3.8, 4) is 5.75 Å². The number of hydrogen-bond acceptors (Lipinski definition) is 5. The first-order valence-corrected chi connectivity index (χ1v) is 9.03. The van der Waals surface area contributed by atoms with Gasteiger partial charge in [0.05, 0.1) is 18.7 Å². The molecule has 6 nitrogen and oxygen atoms in total. The number of ether oxygens (including phenoxy) is 1. The summed E-state index contributed by atoms with van der Waals surface area (Å²) in [6.07, 6.45) is 0.974. The van der Waals surface area contributed by atoms with Crippen LogP contribution in [0.4, 0.5) is 5.69 Å². The first-order valence-electron chi connectivity index (χ1n) is 8.21. The number of nitrogens with zero attached hydrogens (tertiary/aromatic N) is 1. The molecule has 1 fully saturated rings. The highest BCUT2D eigenvalue weighted by molar-refractivity contribution is 7.12. The summed E-state index contributed by atoms with van der Waals surface area (Å²) in [4.78, 5) is 28.3. The molecule has 1 aromatic carbocycles. The number of carbonyl (C=O) groups excluding carboxylic acids is 2. The van der Waals surface area contributed by atoms with Crippen LogP contribution in [0.1, 0.15) is 26.2 Å². The van der Waals surface area contributed by atoms with Crippen molar-refractivity contribution in [3.63, 3.8) is 0 Å². The van der Waals surface area contributed by atoms with Crippen LogP contribution in [0.2, 0.25) is 0 Å². The van der Waals surface area contributed by atoms with Crippen LogP contribution in [0, 0.1) is 6.92 Å². The topological polar surface area (TPSA) is 78.9 Å².